The van der Waals surface area contributed by atoms with Crippen LogP contribution in [0, 0.1) is 0 Å². The van der Waals surface area contributed by atoms with Crippen molar-refractivity contribution in [3.8, 4) is 0 Å². The summed E-state index contributed by atoms with van der Waals surface area (Å²) in [4.78, 5) is 24.1. The Labute approximate surface area is 139 Å². The van der Waals surface area contributed by atoms with Gasteiger partial charge in [0, 0.05) is 24.3 Å². The Kier molecular flexibility index (Phi) is 4.76. The number of nitrogens with zero attached hydrogens (tertiary/aromatic N) is 1. The maximum Gasteiger partial charge on any atom is 0.251 e. The van der Waals surface area contributed by atoms with Gasteiger partial charge in [0.25, 0.3) is 5.56 Å². The molecule has 1 amide bonds. The van der Waals surface area contributed by atoms with E-state index in [2.05, 4.69) is 11.9 Å². The fourth-order valence-electron chi connectivity index (χ4n) is 3.13. The number of carbonyl (C=O) groups is 1. The molecule has 120 valence electrons. The molecule has 0 saturated carbocycles. The Morgan fingerprint density at radius 1 is 1.43 bits per heavy atom. The molecule has 0 radical (unpaired) electrons. The van der Waals surface area contributed by atoms with Crippen molar-refractivity contribution in [1.29, 1.82) is 0 Å². The molecule has 2 aromatic rings. The summed E-state index contributed by atoms with van der Waals surface area (Å²) in [6.45, 7) is 4.26. The molecule has 1 aliphatic carbocycles. The predicted molar refractivity (Wildman–Crippen MR) is 92.9 cm³/mol. The number of aromatic nitrogens is 1. The lowest BCUT2D eigenvalue weighted by molar-refractivity contribution is -0.121. The van der Waals surface area contributed by atoms with Crippen LogP contribution in [0.1, 0.15) is 23.2 Å². The lowest BCUT2D eigenvalue weighted by atomic mass is 9.91. The minimum atomic E-state index is 0.0172. The minimum Gasteiger partial charge on any atom is -0.353 e. The zero-order valence-corrected chi connectivity index (χ0v) is 13.8. The molecule has 0 aromatic carbocycles. The molecule has 3 rings (SSSR count). The smallest absolute Gasteiger partial charge is 0.251 e. The van der Waals surface area contributed by atoms with Crippen molar-refractivity contribution in [2.24, 2.45) is 0 Å². The van der Waals surface area contributed by atoms with Crippen molar-refractivity contribution in [1.82, 2.24) is 9.88 Å². The van der Waals surface area contributed by atoms with Gasteiger partial charge in [0.2, 0.25) is 5.91 Å². The summed E-state index contributed by atoms with van der Waals surface area (Å²) in [7, 11) is 0. The third kappa shape index (κ3) is 3.62. The summed E-state index contributed by atoms with van der Waals surface area (Å²) < 4.78 is 1.78. The van der Waals surface area contributed by atoms with Gasteiger partial charge >= 0.3 is 0 Å². The maximum absolute atomic E-state index is 12.1. The number of hydrogen-bond acceptors (Lipinski definition) is 3. The number of carbonyl (C=O) groups excluding carboxylic acids is 1. The highest BCUT2D eigenvalue weighted by Crippen LogP contribution is 2.20. The molecular weight excluding hydrogens is 308 g/mol. The number of rotatable bonds is 5. The largest absolute Gasteiger partial charge is 0.353 e. The van der Waals surface area contributed by atoms with E-state index in [0.717, 1.165) is 36.1 Å². The molecule has 0 aliphatic heterocycles. The molecule has 1 aliphatic rings. The average Bonchev–Trinajstić information content (AvgIpc) is 3.03. The van der Waals surface area contributed by atoms with Crippen LogP contribution >= 0.6 is 11.3 Å². The Hall–Kier alpha value is -2.14. The molecule has 1 N–H and O–H groups in total. The lowest BCUT2D eigenvalue weighted by Crippen LogP contribution is -2.41. The Bertz CT molecular complexity index is 762. The van der Waals surface area contributed by atoms with Crippen LogP contribution in [0.25, 0.3) is 0 Å². The number of allylic oxidation sites excluding steroid dienone is 1. The van der Waals surface area contributed by atoms with E-state index in [1.807, 2.05) is 22.9 Å². The van der Waals surface area contributed by atoms with E-state index in [9.17, 15) is 9.59 Å². The number of fused-ring (bicyclic) bond motifs is 1. The van der Waals surface area contributed by atoms with E-state index in [4.69, 9.17) is 0 Å². The van der Waals surface area contributed by atoms with Gasteiger partial charge in [-0.25, -0.2) is 0 Å². The topological polar surface area (TPSA) is 51.1 Å². The molecule has 1 atom stereocenters. The van der Waals surface area contributed by atoms with Crippen molar-refractivity contribution in [2.45, 2.75) is 38.3 Å². The van der Waals surface area contributed by atoms with E-state index < -0.39 is 0 Å². The van der Waals surface area contributed by atoms with E-state index >= 15 is 0 Å². The van der Waals surface area contributed by atoms with Gasteiger partial charge in [0.05, 0.1) is 6.42 Å². The molecule has 0 saturated heterocycles. The molecule has 0 spiro atoms. The highest BCUT2D eigenvalue weighted by Gasteiger charge is 2.22. The summed E-state index contributed by atoms with van der Waals surface area (Å²) in [5.41, 5.74) is 3.31. The normalized spacial score (nSPS) is 16.6. The molecular formula is C18H20N2O2S. The van der Waals surface area contributed by atoms with E-state index in [1.54, 1.807) is 28.0 Å². The molecule has 0 fully saturated rings. The highest BCUT2D eigenvalue weighted by atomic mass is 32.1. The molecule has 2 aromatic heterocycles. The number of pyridine rings is 1. The van der Waals surface area contributed by atoms with Gasteiger partial charge in [-0.2, -0.15) is 11.3 Å². The minimum absolute atomic E-state index is 0.0172. The monoisotopic (exact) mass is 328 g/mol. The van der Waals surface area contributed by atoms with Crippen LogP contribution in [-0.2, 0) is 30.6 Å². The second-order valence-corrected chi connectivity index (χ2v) is 6.64. The fraction of sp³-hybridized carbons (Fsp3) is 0.333. The third-order valence-corrected chi connectivity index (χ3v) is 4.94. The van der Waals surface area contributed by atoms with Crippen LogP contribution in [-0.4, -0.2) is 16.5 Å². The van der Waals surface area contributed by atoms with Crippen LogP contribution in [0.15, 0.2) is 46.4 Å². The summed E-state index contributed by atoms with van der Waals surface area (Å²) in [6, 6.07) is 5.63. The molecule has 4 nitrogen and oxygen atoms in total. The summed E-state index contributed by atoms with van der Waals surface area (Å²) >= 11 is 1.61. The highest BCUT2D eigenvalue weighted by molar-refractivity contribution is 7.07. The first kappa shape index (κ1) is 15.7. The van der Waals surface area contributed by atoms with Crippen molar-refractivity contribution in [3.63, 3.8) is 0 Å². The quantitative estimate of drug-likeness (QED) is 0.856. The summed E-state index contributed by atoms with van der Waals surface area (Å²) in [5, 5.41) is 7.11. The van der Waals surface area contributed by atoms with Crippen LogP contribution in [0.5, 0.6) is 0 Å². The van der Waals surface area contributed by atoms with Crippen LogP contribution in [0.2, 0.25) is 0 Å². The van der Waals surface area contributed by atoms with Crippen molar-refractivity contribution in [2.75, 3.05) is 0 Å². The van der Waals surface area contributed by atoms with Crippen molar-refractivity contribution < 1.29 is 4.79 Å². The second kappa shape index (κ2) is 6.96. The number of thiophene rings is 1. The summed E-state index contributed by atoms with van der Waals surface area (Å²) in [6.07, 6.45) is 4.63. The second-order valence-electron chi connectivity index (χ2n) is 5.86. The number of nitrogens with one attached hydrogen (secondary N) is 1. The third-order valence-electron chi connectivity index (χ3n) is 4.21. The molecule has 5 heteroatoms. The Morgan fingerprint density at radius 2 is 2.30 bits per heavy atom. The zero-order valence-electron chi connectivity index (χ0n) is 13.0. The van der Waals surface area contributed by atoms with E-state index in [0.29, 0.717) is 13.0 Å². The Morgan fingerprint density at radius 3 is 3.04 bits per heavy atom. The standard InChI is InChI=1S/C18H20N2O2S/c1-2-8-20-16-5-4-15(11-14(16)3-6-18(20)22)19-17(21)10-13-7-9-23-12-13/h2-3,6-7,9,12,15H,1,4-5,8,10-11H2,(H,19,21)/t15-/m1/s1. The predicted octanol–water partition coefficient (Wildman–Crippen LogP) is 2.31. The van der Waals surface area contributed by atoms with Crippen molar-refractivity contribution >= 4 is 17.2 Å². The molecule has 0 bridgehead atoms. The van der Waals surface area contributed by atoms with Gasteiger partial charge < -0.3 is 9.88 Å². The van der Waals surface area contributed by atoms with E-state index in [1.165, 1.54) is 0 Å². The maximum atomic E-state index is 12.1. The average molecular weight is 328 g/mol. The Balaban J connectivity index is 1.68. The van der Waals surface area contributed by atoms with Crippen molar-refractivity contribution in [3.05, 3.63) is 68.8 Å². The molecule has 23 heavy (non-hydrogen) atoms. The number of hydrogen-bond donors (Lipinski definition) is 1. The first-order valence-electron chi connectivity index (χ1n) is 7.80. The fourth-order valence-corrected chi connectivity index (χ4v) is 3.80. The number of amides is 1. The van der Waals surface area contributed by atoms with Gasteiger partial charge in [-0.15, -0.1) is 6.58 Å². The molecule has 0 unspecified atom stereocenters. The van der Waals surface area contributed by atoms with Gasteiger partial charge in [0.1, 0.15) is 0 Å². The zero-order chi connectivity index (χ0) is 16.2. The lowest BCUT2D eigenvalue weighted by Gasteiger charge is -2.27. The van der Waals surface area contributed by atoms with E-state index in [-0.39, 0.29) is 17.5 Å². The first-order chi connectivity index (χ1) is 11.2. The van der Waals surface area contributed by atoms with Gasteiger partial charge in [0.15, 0.2) is 0 Å². The van der Waals surface area contributed by atoms with Crippen LogP contribution < -0.4 is 10.9 Å². The van der Waals surface area contributed by atoms with Gasteiger partial charge in [-0.05, 0) is 47.2 Å². The van der Waals surface area contributed by atoms with Gasteiger partial charge in [-0.1, -0.05) is 12.1 Å². The SMILES string of the molecule is C=CCn1c2c(ccc1=O)C[C@H](NC(=O)Cc1ccsc1)CC2. The summed E-state index contributed by atoms with van der Waals surface area (Å²) in [5.74, 6) is 0.0660. The first-order valence-corrected chi connectivity index (χ1v) is 8.74. The van der Waals surface area contributed by atoms with Gasteiger partial charge in [-0.3, -0.25) is 9.59 Å². The molecule has 2 heterocycles. The van der Waals surface area contributed by atoms with Crippen LogP contribution in [0.3, 0.4) is 0 Å². The van der Waals surface area contributed by atoms with Crippen LogP contribution in [0.4, 0.5) is 0 Å².